The van der Waals surface area contributed by atoms with Gasteiger partial charge in [-0.1, -0.05) is 0 Å². The number of hydrogen-bond acceptors (Lipinski definition) is 2. The molecule has 1 heterocycles. The standard InChI is InChI=1S/C8H10F2N2O2/c1-5-4-6(8(9)10)11-12(5)3-2-7(13)14/h4,8H,2-3H2,1H3,(H,13,14). The van der Waals surface area contributed by atoms with E-state index < -0.39 is 12.4 Å². The predicted octanol–water partition coefficient (Wildman–Crippen LogP) is 1.60. The molecular formula is C8H10F2N2O2. The van der Waals surface area contributed by atoms with Gasteiger partial charge in [0.1, 0.15) is 5.69 Å². The van der Waals surface area contributed by atoms with Gasteiger partial charge in [-0.05, 0) is 13.0 Å². The molecular weight excluding hydrogens is 194 g/mol. The second kappa shape index (κ2) is 4.17. The molecule has 0 saturated carbocycles. The average Bonchev–Trinajstić information content (AvgIpc) is 2.43. The van der Waals surface area contributed by atoms with Crippen molar-refractivity contribution >= 4 is 5.97 Å². The van der Waals surface area contributed by atoms with E-state index in [1.807, 2.05) is 0 Å². The van der Waals surface area contributed by atoms with Gasteiger partial charge in [0.05, 0.1) is 13.0 Å². The monoisotopic (exact) mass is 204 g/mol. The molecule has 1 N–H and O–H groups in total. The number of carbonyl (C=O) groups is 1. The summed E-state index contributed by atoms with van der Waals surface area (Å²) in [5.74, 6) is -0.974. The summed E-state index contributed by atoms with van der Waals surface area (Å²) in [6.07, 6.45) is -2.73. The highest BCUT2D eigenvalue weighted by Gasteiger charge is 2.13. The van der Waals surface area contributed by atoms with Gasteiger partial charge in [0.25, 0.3) is 6.43 Å². The van der Waals surface area contributed by atoms with Crippen LogP contribution in [0.15, 0.2) is 6.07 Å². The van der Waals surface area contributed by atoms with Crippen molar-refractivity contribution in [1.82, 2.24) is 9.78 Å². The Kier molecular flexibility index (Phi) is 3.16. The minimum absolute atomic E-state index is 0.119. The van der Waals surface area contributed by atoms with E-state index in [0.29, 0.717) is 5.69 Å². The lowest BCUT2D eigenvalue weighted by Crippen LogP contribution is -2.07. The van der Waals surface area contributed by atoms with Crippen LogP contribution in [0, 0.1) is 6.92 Å². The molecule has 1 rings (SSSR count). The molecule has 78 valence electrons. The number of nitrogens with zero attached hydrogens (tertiary/aromatic N) is 2. The summed E-state index contributed by atoms with van der Waals surface area (Å²) < 4.78 is 25.6. The number of aryl methyl sites for hydroxylation is 2. The Morgan fingerprint density at radius 3 is 2.79 bits per heavy atom. The summed E-state index contributed by atoms with van der Waals surface area (Å²) in [5.41, 5.74) is 0.231. The van der Waals surface area contributed by atoms with Crippen molar-refractivity contribution in [3.63, 3.8) is 0 Å². The Balaban J connectivity index is 2.72. The van der Waals surface area contributed by atoms with Crippen molar-refractivity contribution in [2.75, 3.05) is 0 Å². The molecule has 0 atom stereocenters. The zero-order valence-corrected chi connectivity index (χ0v) is 7.57. The molecule has 0 aliphatic rings. The first kappa shape index (κ1) is 10.6. The van der Waals surface area contributed by atoms with Crippen LogP contribution in [0.25, 0.3) is 0 Å². The van der Waals surface area contributed by atoms with Gasteiger partial charge in [0.2, 0.25) is 0 Å². The number of alkyl halides is 2. The zero-order chi connectivity index (χ0) is 10.7. The number of carboxylic acid groups (broad SMARTS) is 1. The molecule has 0 aliphatic heterocycles. The second-order valence-electron chi connectivity index (χ2n) is 2.88. The van der Waals surface area contributed by atoms with Crippen LogP contribution in [-0.4, -0.2) is 20.9 Å². The van der Waals surface area contributed by atoms with Gasteiger partial charge >= 0.3 is 5.97 Å². The lowest BCUT2D eigenvalue weighted by atomic mass is 10.4. The van der Waals surface area contributed by atoms with E-state index in [1.54, 1.807) is 6.92 Å². The molecule has 0 aliphatic carbocycles. The van der Waals surface area contributed by atoms with Crippen LogP contribution in [0.4, 0.5) is 8.78 Å². The smallest absolute Gasteiger partial charge is 0.305 e. The Labute approximate surface area is 79.2 Å². The lowest BCUT2D eigenvalue weighted by Gasteiger charge is -2.00. The van der Waals surface area contributed by atoms with Crippen molar-refractivity contribution in [2.24, 2.45) is 0 Å². The van der Waals surface area contributed by atoms with E-state index in [-0.39, 0.29) is 18.7 Å². The quantitative estimate of drug-likeness (QED) is 0.810. The van der Waals surface area contributed by atoms with Crippen LogP contribution in [0.1, 0.15) is 24.2 Å². The minimum atomic E-state index is -2.61. The molecule has 0 aromatic carbocycles. The van der Waals surface area contributed by atoms with Crippen LogP contribution in [0.5, 0.6) is 0 Å². The maximum absolute atomic E-state index is 12.2. The summed E-state index contributed by atoms with van der Waals surface area (Å²) in [5, 5.41) is 12.0. The summed E-state index contributed by atoms with van der Waals surface area (Å²) >= 11 is 0. The van der Waals surface area contributed by atoms with Gasteiger partial charge in [0, 0.05) is 5.69 Å². The van der Waals surface area contributed by atoms with Crippen LogP contribution in [-0.2, 0) is 11.3 Å². The molecule has 0 fully saturated rings. The van der Waals surface area contributed by atoms with Crippen molar-refractivity contribution in [2.45, 2.75) is 26.3 Å². The number of aromatic nitrogens is 2. The van der Waals surface area contributed by atoms with E-state index in [4.69, 9.17) is 5.11 Å². The Bertz CT molecular complexity index is 336. The van der Waals surface area contributed by atoms with Crippen molar-refractivity contribution in [3.8, 4) is 0 Å². The van der Waals surface area contributed by atoms with Crippen molar-refractivity contribution in [1.29, 1.82) is 0 Å². The first-order chi connectivity index (χ1) is 6.50. The molecule has 1 aromatic heterocycles. The van der Waals surface area contributed by atoms with Gasteiger partial charge < -0.3 is 5.11 Å². The second-order valence-corrected chi connectivity index (χ2v) is 2.88. The number of rotatable bonds is 4. The molecule has 0 radical (unpaired) electrons. The Hall–Kier alpha value is -1.46. The fraction of sp³-hybridized carbons (Fsp3) is 0.500. The molecule has 14 heavy (non-hydrogen) atoms. The largest absolute Gasteiger partial charge is 0.481 e. The molecule has 0 saturated heterocycles. The Morgan fingerprint density at radius 2 is 2.36 bits per heavy atom. The summed E-state index contributed by atoms with van der Waals surface area (Å²) in [6.45, 7) is 1.73. The first-order valence-corrected chi connectivity index (χ1v) is 4.05. The van der Waals surface area contributed by atoms with E-state index in [9.17, 15) is 13.6 Å². The molecule has 0 unspecified atom stereocenters. The summed E-state index contributed by atoms with van der Waals surface area (Å²) in [4.78, 5) is 10.2. The van der Waals surface area contributed by atoms with E-state index in [2.05, 4.69) is 5.10 Å². The van der Waals surface area contributed by atoms with Gasteiger partial charge in [-0.3, -0.25) is 9.48 Å². The molecule has 4 nitrogen and oxygen atoms in total. The normalized spacial score (nSPS) is 10.9. The highest BCUT2D eigenvalue weighted by Crippen LogP contribution is 2.17. The average molecular weight is 204 g/mol. The van der Waals surface area contributed by atoms with Crippen molar-refractivity contribution < 1.29 is 18.7 Å². The van der Waals surface area contributed by atoms with E-state index >= 15 is 0 Å². The van der Waals surface area contributed by atoms with Gasteiger partial charge in [-0.15, -0.1) is 0 Å². The third-order valence-corrected chi connectivity index (χ3v) is 1.76. The highest BCUT2D eigenvalue weighted by atomic mass is 19.3. The summed E-state index contributed by atoms with van der Waals surface area (Å²) in [7, 11) is 0. The third-order valence-electron chi connectivity index (χ3n) is 1.76. The van der Waals surface area contributed by atoms with Crippen LogP contribution in [0.3, 0.4) is 0 Å². The van der Waals surface area contributed by atoms with Crippen molar-refractivity contribution in [3.05, 3.63) is 17.5 Å². The molecule has 0 amide bonds. The van der Waals surface area contributed by atoms with Crippen LogP contribution >= 0.6 is 0 Å². The fourth-order valence-corrected chi connectivity index (χ4v) is 1.07. The zero-order valence-electron chi connectivity index (χ0n) is 7.57. The van der Waals surface area contributed by atoms with Crippen LogP contribution < -0.4 is 0 Å². The van der Waals surface area contributed by atoms with Gasteiger partial charge in [0.15, 0.2) is 0 Å². The van der Waals surface area contributed by atoms with E-state index in [1.165, 1.54) is 10.7 Å². The minimum Gasteiger partial charge on any atom is -0.481 e. The third kappa shape index (κ3) is 2.51. The topological polar surface area (TPSA) is 55.1 Å². The maximum Gasteiger partial charge on any atom is 0.305 e. The predicted molar refractivity (Wildman–Crippen MR) is 44.2 cm³/mol. The summed E-state index contributed by atoms with van der Waals surface area (Å²) in [6, 6.07) is 1.26. The number of halogens is 2. The molecule has 0 spiro atoms. The van der Waals surface area contributed by atoms with E-state index in [0.717, 1.165) is 0 Å². The first-order valence-electron chi connectivity index (χ1n) is 4.05. The van der Waals surface area contributed by atoms with Gasteiger partial charge in [-0.2, -0.15) is 5.10 Å². The fourth-order valence-electron chi connectivity index (χ4n) is 1.07. The lowest BCUT2D eigenvalue weighted by molar-refractivity contribution is -0.137. The molecule has 0 bridgehead atoms. The Morgan fingerprint density at radius 1 is 1.71 bits per heavy atom. The highest BCUT2D eigenvalue weighted by molar-refractivity contribution is 5.66. The number of hydrogen-bond donors (Lipinski definition) is 1. The number of carboxylic acids is 1. The van der Waals surface area contributed by atoms with Crippen LogP contribution in [0.2, 0.25) is 0 Å². The van der Waals surface area contributed by atoms with Gasteiger partial charge in [-0.25, -0.2) is 8.78 Å². The molecule has 1 aromatic rings. The maximum atomic E-state index is 12.2. The molecule has 6 heteroatoms. The number of aliphatic carboxylic acids is 1. The SMILES string of the molecule is Cc1cc(C(F)F)nn1CCC(=O)O.